The third kappa shape index (κ3) is 5.25. The van der Waals surface area contributed by atoms with Crippen LogP contribution >= 0.6 is 0 Å². The Labute approximate surface area is 152 Å². The maximum atomic E-state index is 13.0. The van der Waals surface area contributed by atoms with Gasteiger partial charge in [-0.2, -0.15) is 0 Å². The zero-order chi connectivity index (χ0) is 19.3. The van der Waals surface area contributed by atoms with Crippen LogP contribution in [0.1, 0.15) is 25.3 Å². The van der Waals surface area contributed by atoms with Crippen molar-refractivity contribution in [2.24, 2.45) is 5.92 Å². The fourth-order valence-electron chi connectivity index (χ4n) is 3.01. The number of benzene rings is 1. The van der Waals surface area contributed by atoms with Gasteiger partial charge in [0.25, 0.3) is 0 Å². The second kappa shape index (κ2) is 8.59. The highest BCUT2D eigenvalue weighted by molar-refractivity contribution is 7.89. The van der Waals surface area contributed by atoms with Crippen LogP contribution in [0.4, 0.5) is 4.39 Å². The van der Waals surface area contributed by atoms with Gasteiger partial charge in [-0.1, -0.05) is 12.1 Å². The third-order valence-electron chi connectivity index (χ3n) is 4.49. The fourth-order valence-corrected chi connectivity index (χ4v) is 4.14. The largest absolute Gasteiger partial charge is 0.480 e. The molecule has 1 aliphatic heterocycles. The SMILES string of the molecule is CCS(=O)(=O)N1CCC(C(=O)N(CC(=O)O)Cc2ccc(F)cc2)CC1. The van der Waals surface area contributed by atoms with Crippen molar-refractivity contribution in [3.63, 3.8) is 0 Å². The normalized spacial score (nSPS) is 16.4. The van der Waals surface area contributed by atoms with E-state index in [1.807, 2.05) is 0 Å². The standard InChI is InChI=1S/C17H23FN2O5S/c1-2-26(24,25)20-9-7-14(8-10-20)17(23)19(12-16(21)22)11-13-3-5-15(18)6-4-13/h3-6,14H,2,7-12H2,1H3,(H,21,22). The number of hydrogen-bond donors (Lipinski definition) is 1. The zero-order valence-corrected chi connectivity index (χ0v) is 15.4. The van der Waals surface area contributed by atoms with Gasteiger partial charge in [-0.3, -0.25) is 9.59 Å². The second-order valence-electron chi connectivity index (χ2n) is 6.29. The molecule has 0 aromatic heterocycles. The molecule has 1 aromatic rings. The number of carboxylic acids is 1. The van der Waals surface area contributed by atoms with E-state index in [9.17, 15) is 22.4 Å². The molecule has 144 valence electrons. The van der Waals surface area contributed by atoms with Crippen molar-refractivity contribution in [3.8, 4) is 0 Å². The second-order valence-corrected chi connectivity index (χ2v) is 8.55. The van der Waals surface area contributed by atoms with Crippen LogP contribution in [-0.4, -0.2) is 60.0 Å². The Balaban J connectivity index is 2.05. The molecule has 0 spiro atoms. The predicted molar refractivity (Wildman–Crippen MR) is 93.2 cm³/mol. The minimum Gasteiger partial charge on any atom is -0.480 e. The van der Waals surface area contributed by atoms with Gasteiger partial charge in [-0.05, 0) is 37.5 Å². The van der Waals surface area contributed by atoms with Gasteiger partial charge < -0.3 is 10.0 Å². The molecule has 7 nitrogen and oxygen atoms in total. The summed E-state index contributed by atoms with van der Waals surface area (Å²) in [6.45, 7) is 1.69. The molecule has 1 aliphatic rings. The molecule has 1 aromatic carbocycles. The molecule has 1 amide bonds. The Morgan fingerprint density at radius 1 is 1.23 bits per heavy atom. The molecule has 0 unspecified atom stereocenters. The number of hydrogen-bond acceptors (Lipinski definition) is 4. The van der Waals surface area contributed by atoms with Gasteiger partial charge in [0.1, 0.15) is 12.4 Å². The maximum Gasteiger partial charge on any atom is 0.323 e. The molecule has 0 radical (unpaired) electrons. The van der Waals surface area contributed by atoms with Gasteiger partial charge in [0.05, 0.1) is 5.75 Å². The molecule has 26 heavy (non-hydrogen) atoms. The summed E-state index contributed by atoms with van der Waals surface area (Å²) in [5.74, 6) is -2.26. The van der Waals surface area contributed by atoms with Crippen LogP contribution in [0.2, 0.25) is 0 Å². The molecule has 9 heteroatoms. The Morgan fingerprint density at radius 3 is 2.31 bits per heavy atom. The Morgan fingerprint density at radius 2 is 1.81 bits per heavy atom. The van der Waals surface area contributed by atoms with Gasteiger partial charge in [0.2, 0.25) is 15.9 Å². The zero-order valence-electron chi connectivity index (χ0n) is 14.6. The van der Waals surface area contributed by atoms with Crippen molar-refractivity contribution in [2.45, 2.75) is 26.3 Å². The lowest BCUT2D eigenvalue weighted by Crippen LogP contribution is -2.45. The van der Waals surface area contributed by atoms with E-state index >= 15 is 0 Å². The number of amides is 1. The van der Waals surface area contributed by atoms with Gasteiger partial charge in [-0.15, -0.1) is 0 Å². The highest BCUT2D eigenvalue weighted by Gasteiger charge is 2.32. The Kier molecular flexibility index (Phi) is 6.71. The number of carbonyl (C=O) groups excluding carboxylic acids is 1. The molecule has 1 heterocycles. The van der Waals surface area contributed by atoms with Crippen molar-refractivity contribution in [1.29, 1.82) is 0 Å². The van der Waals surface area contributed by atoms with Crippen molar-refractivity contribution in [2.75, 3.05) is 25.4 Å². The molecule has 1 saturated heterocycles. The summed E-state index contributed by atoms with van der Waals surface area (Å²) in [5, 5.41) is 9.09. The molecule has 0 bridgehead atoms. The summed E-state index contributed by atoms with van der Waals surface area (Å²) in [6, 6.07) is 5.53. The number of piperidine rings is 1. The summed E-state index contributed by atoms with van der Waals surface area (Å²) in [6.07, 6.45) is 0.717. The lowest BCUT2D eigenvalue weighted by Gasteiger charge is -2.33. The summed E-state index contributed by atoms with van der Waals surface area (Å²) in [5.41, 5.74) is 0.631. The van der Waals surface area contributed by atoms with E-state index in [0.29, 0.717) is 18.4 Å². The van der Waals surface area contributed by atoms with Crippen LogP contribution in [-0.2, 0) is 26.2 Å². The van der Waals surface area contributed by atoms with Gasteiger partial charge in [0, 0.05) is 25.6 Å². The summed E-state index contributed by atoms with van der Waals surface area (Å²) in [4.78, 5) is 25.1. The summed E-state index contributed by atoms with van der Waals surface area (Å²) < 4.78 is 38.2. The molecular formula is C17H23FN2O5S. The number of halogens is 1. The number of carbonyl (C=O) groups is 2. The van der Waals surface area contributed by atoms with Crippen molar-refractivity contribution in [3.05, 3.63) is 35.6 Å². The fraction of sp³-hybridized carbons (Fsp3) is 0.529. The van der Waals surface area contributed by atoms with Crippen LogP contribution in [0.15, 0.2) is 24.3 Å². The van der Waals surface area contributed by atoms with E-state index in [1.54, 1.807) is 6.92 Å². The van der Waals surface area contributed by atoms with Crippen LogP contribution in [0.3, 0.4) is 0 Å². The van der Waals surface area contributed by atoms with Gasteiger partial charge >= 0.3 is 5.97 Å². The van der Waals surface area contributed by atoms with Crippen LogP contribution in [0.25, 0.3) is 0 Å². The first-order chi connectivity index (χ1) is 12.2. The highest BCUT2D eigenvalue weighted by atomic mass is 32.2. The first-order valence-corrected chi connectivity index (χ1v) is 10.1. The predicted octanol–water partition coefficient (Wildman–Crippen LogP) is 1.30. The number of sulfonamides is 1. The van der Waals surface area contributed by atoms with E-state index in [4.69, 9.17) is 5.11 Å². The smallest absolute Gasteiger partial charge is 0.323 e. The van der Waals surface area contributed by atoms with E-state index in [2.05, 4.69) is 0 Å². The lowest BCUT2D eigenvalue weighted by atomic mass is 9.96. The average Bonchev–Trinajstić information content (AvgIpc) is 2.62. The molecule has 0 atom stereocenters. The van der Waals surface area contributed by atoms with Crippen LogP contribution < -0.4 is 0 Å². The van der Waals surface area contributed by atoms with Gasteiger partial charge in [0.15, 0.2) is 0 Å². The molecular weight excluding hydrogens is 363 g/mol. The Bertz CT molecular complexity index is 743. The van der Waals surface area contributed by atoms with Crippen molar-refractivity contribution in [1.82, 2.24) is 9.21 Å². The maximum absolute atomic E-state index is 13.0. The monoisotopic (exact) mass is 386 g/mol. The molecule has 2 rings (SSSR count). The quantitative estimate of drug-likeness (QED) is 0.762. The minimum absolute atomic E-state index is 0.0152. The molecule has 0 saturated carbocycles. The minimum atomic E-state index is -3.28. The first-order valence-electron chi connectivity index (χ1n) is 8.45. The lowest BCUT2D eigenvalue weighted by molar-refractivity contribution is -0.147. The summed E-state index contributed by atoms with van der Waals surface area (Å²) >= 11 is 0. The van der Waals surface area contributed by atoms with Crippen LogP contribution in [0, 0.1) is 11.7 Å². The molecule has 1 N–H and O–H groups in total. The van der Waals surface area contributed by atoms with E-state index in [0.717, 1.165) is 0 Å². The third-order valence-corrected chi connectivity index (χ3v) is 6.37. The Hall–Kier alpha value is -2.00. The first kappa shape index (κ1) is 20.3. The number of carboxylic acid groups (broad SMARTS) is 1. The average molecular weight is 386 g/mol. The molecule has 0 aliphatic carbocycles. The summed E-state index contributed by atoms with van der Waals surface area (Å²) in [7, 11) is -3.28. The number of nitrogens with zero attached hydrogens (tertiary/aromatic N) is 2. The topological polar surface area (TPSA) is 95.0 Å². The highest BCUT2D eigenvalue weighted by Crippen LogP contribution is 2.23. The van der Waals surface area contributed by atoms with E-state index < -0.39 is 34.3 Å². The van der Waals surface area contributed by atoms with Crippen molar-refractivity contribution < 1.29 is 27.5 Å². The van der Waals surface area contributed by atoms with Crippen molar-refractivity contribution >= 4 is 21.9 Å². The van der Waals surface area contributed by atoms with Gasteiger partial charge in [-0.25, -0.2) is 17.1 Å². The van der Waals surface area contributed by atoms with Crippen LogP contribution in [0.5, 0.6) is 0 Å². The molecule has 1 fully saturated rings. The number of aliphatic carboxylic acids is 1. The number of rotatable bonds is 7. The van der Waals surface area contributed by atoms with E-state index in [1.165, 1.54) is 33.5 Å². The van der Waals surface area contributed by atoms with E-state index in [-0.39, 0.29) is 31.3 Å².